The standard InChI is InChI=1S/C46H68N4O4/c1-47(2,3)29-33-51-41-21-13-37(14-22-41)45(38-15-23-42(24-16-38)52-34-30-48(4,5)6)46(39-17-25-43(26-18-39)53-35-31-49(7,8)9)40-19-27-44(28-20-40)54-36-32-50(10,11)12/h13-28H,29-36H2,1-12H3/q+4. The molecular formula is C46H68N4O4+4. The van der Waals surface area contributed by atoms with E-state index in [2.05, 4.69) is 182 Å². The van der Waals surface area contributed by atoms with Crippen molar-refractivity contribution in [3.63, 3.8) is 0 Å². The molecule has 0 radical (unpaired) electrons. The van der Waals surface area contributed by atoms with Crippen molar-refractivity contribution in [2.24, 2.45) is 0 Å². The monoisotopic (exact) mass is 741 g/mol. The van der Waals surface area contributed by atoms with Crippen LogP contribution in [0.1, 0.15) is 22.3 Å². The second kappa shape index (κ2) is 18.3. The second-order valence-corrected chi connectivity index (χ2v) is 18.3. The third kappa shape index (κ3) is 14.8. The van der Waals surface area contributed by atoms with E-state index >= 15 is 0 Å². The largest absolute Gasteiger partial charge is 0.488 e. The number of likely N-dealkylation sites (N-methyl/N-ethyl adjacent to an activating group) is 4. The van der Waals surface area contributed by atoms with Crippen molar-refractivity contribution >= 4 is 11.1 Å². The first-order valence-corrected chi connectivity index (χ1v) is 19.1. The van der Waals surface area contributed by atoms with Crippen LogP contribution in [0.25, 0.3) is 11.1 Å². The number of hydrogen-bond acceptors (Lipinski definition) is 4. The Morgan fingerprint density at radius 1 is 0.296 bits per heavy atom. The SMILES string of the molecule is C[N+](C)(C)CCOc1ccc(C(=C(c2ccc(OCC[N+](C)(C)C)cc2)c2ccc(OCC[N+](C)(C)C)cc2)c2ccc(OCC[N+](C)(C)C)cc2)cc1. The lowest BCUT2D eigenvalue weighted by atomic mass is 9.85. The molecule has 0 saturated heterocycles. The van der Waals surface area contributed by atoms with Crippen LogP contribution in [0.2, 0.25) is 0 Å². The zero-order valence-corrected chi connectivity index (χ0v) is 35.3. The molecule has 0 fully saturated rings. The summed E-state index contributed by atoms with van der Waals surface area (Å²) in [4.78, 5) is 0. The summed E-state index contributed by atoms with van der Waals surface area (Å²) < 4.78 is 28.1. The highest BCUT2D eigenvalue weighted by Gasteiger charge is 2.19. The maximum absolute atomic E-state index is 6.18. The molecule has 0 amide bonds. The minimum absolute atomic E-state index is 0.652. The summed E-state index contributed by atoms with van der Waals surface area (Å²) in [6.07, 6.45) is 0. The summed E-state index contributed by atoms with van der Waals surface area (Å²) >= 11 is 0. The fraction of sp³-hybridized carbons (Fsp3) is 0.435. The minimum atomic E-state index is 0.652. The van der Waals surface area contributed by atoms with Gasteiger partial charge in [0.05, 0.1) is 84.6 Å². The smallest absolute Gasteiger partial charge is 0.137 e. The molecule has 4 aromatic carbocycles. The Labute approximate surface area is 326 Å². The van der Waals surface area contributed by atoms with Gasteiger partial charge in [-0.25, -0.2) is 0 Å². The fourth-order valence-electron chi connectivity index (χ4n) is 5.53. The van der Waals surface area contributed by atoms with E-state index in [-0.39, 0.29) is 0 Å². The van der Waals surface area contributed by atoms with Crippen molar-refractivity contribution < 1.29 is 36.9 Å². The van der Waals surface area contributed by atoms with E-state index in [1.165, 1.54) is 0 Å². The van der Waals surface area contributed by atoms with Crippen LogP contribution in [0, 0.1) is 0 Å². The average Bonchev–Trinajstić information content (AvgIpc) is 3.07. The summed E-state index contributed by atoms with van der Waals surface area (Å²) in [7, 11) is 26.2. The molecule has 4 rings (SSSR count). The van der Waals surface area contributed by atoms with Gasteiger partial charge in [0.1, 0.15) is 75.6 Å². The molecule has 0 bridgehead atoms. The Morgan fingerprint density at radius 2 is 0.463 bits per heavy atom. The summed E-state index contributed by atoms with van der Waals surface area (Å²) in [5, 5.41) is 0. The lowest BCUT2D eigenvalue weighted by Crippen LogP contribution is -2.38. The number of rotatable bonds is 20. The normalized spacial score (nSPS) is 12.3. The Bertz CT molecular complexity index is 1490. The summed E-state index contributed by atoms with van der Waals surface area (Å²) in [5.74, 6) is 3.44. The van der Waals surface area contributed by atoms with E-state index in [4.69, 9.17) is 18.9 Å². The number of nitrogens with zero attached hydrogens (tertiary/aromatic N) is 4. The van der Waals surface area contributed by atoms with Crippen LogP contribution in [0.5, 0.6) is 23.0 Å². The molecule has 8 nitrogen and oxygen atoms in total. The number of hydrogen-bond donors (Lipinski definition) is 0. The second-order valence-electron chi connectivity index (χ2n) is 18.3. The molecule has 292 valence electrons. The summed E-state index contributed by atoms with van der Waals surface area (Å²) in [6, 6.07) is 34.1. The molecule has 4 aromatic rings. The van der Waals surface area contributed by atoms with Gasteiger partial charge in [-0.15, -0.1) is 0 Å². The maximum atomic E-state index is 6.18. The first-order valence-electron chi connectivity index (χ1n) is 19.1. The van der Waals surface area contributed by atoms with Crippen LogP contribution in [0.3, 0.4) is 0 Å². The van der Waals surface area contributed by atoms with Crippen LogP contribution in [-0.4, -0.2) is 155 Å². The molecule has 0 heterocycles. The van der Waals surface area contributed by atoms with Crippen molar-refractivity contribution in [3.8, 4) is 23.0 Å². The van der Waals surface area contributed by atoms with Gasteiger partial charge in [0.2, 0.25) is 0 Å². The number of ether oxygens (including phenoxy) is 4. The van der Waals surface area contributed by atoms with Crippen LogP contribution in [-0.2, 0) is 0 Å². The topological polar surface area (TPSA) is 36.9 Å². The van der Waals surface area contributed by atoms with Gasteiger partial charge in [0, 0.05) is 0 Å². The van der Waals surface area contributed by atoms with Crippen molar-refractivity contribution in [3.05, 3.63) is 119 Å². The Kier molecular flexibility index (Phi) is 14.4. The van der Waals surface area contributed by atoms with Gasteiger partial charge in [0.15, 0.2) is 0 Å². The molecule has 0 unspecified atom stereocenters. The lowest BCUT2D eigenvalue weighted by molar-refractivity contribution is -0.870. The van der Waals surface area contributed by atoms with Gasteiger partial charge in [0.25, 0.3) is 0 Å². The number of quaternary nitrogens is 4. The predicted octanol–water partition coefficient (Wildman–Crippen LogP) is 7.03. The molecule has 0 aromatic heterocycles. The van der Waals surface area contributed by atoms with E-state index in [1.54, 1.807) is 0 Å². The van der Waals surface area contributed by atoms with Crippen LogP contribution >= 0.6 is 0 Å². The highest BCUT2D eigenvalue weighted by Crippen LogP contribution is 2.39. The molecule has 0 aliphatic rings. The highest BCUT2D eigenvalue weighted by atomic mass is 16.5. The summed E-state index contributed by atoms with van der Waals surface area (Å²) in [5.41, 5.74) is 6.60. The lowest BCUT2D eigenvalue weighted by Gasteiger charge is -2.24. The zero-order valence-electron chi connectivity index (χ0n) is 35.3. The van der Waals surface area contributed by atoms with Crippen molar-refractivity contribution in [1.82, 2.24) is 0 Å². The van der Waals surface area contributed by atoms with Crippen LogP contribution in [0.15, 0.2) is 97.1 Å². The van der Waals surface area contributed by atoms with E-state index in [9.17, 15) is 0 Å². The highest BCUT2D eigenvalue weighted by molar-refractivity contribution is 6.04. The van der Waals surface area contributed by atoms with Crippen LogP contribution in [0.4, 0.5) is 0 Å². The minimum Gasteiger partial charge on any atom is -0.488 e. The average molecular weight is 741 g/mol. The Balaban J connectivity index is 1.81. The number of benzene rings is 4. The third-order valence-electron chi connectivity index (χ3n) is 8.95. The van der Waals surface area contributed by atoms with Gasteiger partial charge in [-0.1, -0.05) is 48.5 Å². The maximum Gasteiger partial charge on any atom is 0.137 e. The van der Waals surface area contributed by atoms with Gasteiger partial charge in [-0.2, -0.15) is 0 Å². The molecule has 8 heteroatoms. The quantitative estimate of drug-likeness (QED) is 0.0721. The van der Waals surface area contributed by atoms with Gasteiger partial charge in [-0.05, 0) is 81.9 Å². The van der Waals surface area contributed by atoms with Gasteiger partial charge in [-0.3, -0.25) is 0 Å². The molecule has 0 saturated carbocycles. The van der Waals surface area contributed by atoms with E-state index < -0.39 is 0 Å². The van der Waals surface area contributed by atoms with Crippen molar-refractivity contribution in [1.29, 1.82) is 0 Å². The molecule has 0 spiro atoms. The first-order chi connectivity index (χ1) is 25.2. The van der Waals surface area contributed by atoms with Gasteiger partial charge >= 0.3 is 0 Å². The van der Waals surface area contributed by atoms with E-state index in [0.29, 0.717) is 26.4 Å². The molecular weight excluding hydrogens is 673 g/mol. The first kappa shape index (κ1) is 42.4. The van der Waals surface area contributed by atoms with E-state index in [0.717, 1.165) is 101 Å². The predicted molar refractivity (Wildman–Crippen MR) is 224 cm³/mol. The van der Waals surface area contributed by atoms with Crippen molar-refractivity contribution in [2.75, 3.05) is 137 Å². The molecule has 54 heavy (non-hydrogen) atoms. The Hall–Kier alpha value is -4.34. The van der Waals surface area contributed by atoms with Crippen molar-refractivity contribution in [2.45, 2.75) is 0 Å². The molecule has 0 atom stereocenters. The molecule has 0 aliphatic heterocycles. The zero-order chi connectivity index (χ0) is 39.6. The van der Waals surface area contributed by atoms with E-state index in [1.807, 2.05) is 0 Å². The summed E-state index contributed by atoms with van der Waals surface area (Å²) in [6.45, 7) is 6.29. The molecule has 0 N–H and O–H groups in total. The fourth-order valence-corrected chi connectivity index (χ4v) is 5.53. The Morgan fingerprint density at radius 3 is 0.611 bits per heavy atom. The molecule has 0 aliphatic carbocycles. The van der Waals surface area contributed by atoms with Gasteiger partial charge < -0.3 is 36.9 Å². The van der Waals surface area contributed by atoms with Crippen LogP contribution < -0.4 is 18.9 Å². The third-order valence-corrected chi connectivity index (χ3v) is 8.95.